The highest BCUT2D eigenvalue weighted by atomic mass is 32.2. The van der Waals surface area contributed by atoms with E-state index in [1.54, 1.807) is 48.5 Å². The Bertz CT molecular complexity index is 971. The molecule has 0 aliphatic carbocycles. The maximum Gasteiger partial charge on any atom is 0.271 e. The second-order valence-electron chi connectivity index (χ2n) is 7.72. The van der Waals surface area contributed by atoms with Crippen molar-refractivity contribution in [2.75, 3.05) is 11.4 Å². The molecule has 2 aromatic carbocycles. The number of rotatable bonds is 5. The highest BCUT2D eigenvalue weighted by Gasteiger charge is 2.21. The van der Waals surface area contributed by atoms with Crippen LogP contribution >= 0.6 is 0 Å². The minimum absolute atomic E-state index is 0.135. The van der Waals surface area contributed by atoms with Gasteiger partial charge in [-0.25, -0.2) is 13.8 Å². The van der Waals surface area contributed by atoms with Crippen molar-refractivity contribution in [1.29, 1.82) is 0 Å². The molecule has 0 atom stereocenters. The third-order valence-electron chi connectivity index (χ3n) is 4.58. The number of carbonyl (C=O) groups is 1. The number of hydrogen-bond donors (Lipinski definition) is 1. The molecule has 0 aliphatic heterocycles. The lowest BCUT2D eigenvalue weighted by atomic mass is 9.91. The minimum Gasteiger partial charge on any atom is -0.269 e. The summed E-state index contributed by atoms with van der Waals surface area (Å²) in [6.07, 6.45) is 0. The first-order valence-corrected chi connectivity index (χ1v) is 10.4. The van der Waals surface area contributed by atoms with Crippen LogP contribution in [0.15, 0.2) is 58.5 Å². The molecule has 28 heavy (non-hydrogen) atoms. The van der Waals surface area contributed by atoms with Crippen molar-refractivity contribution in [2.45, 2.75) is 39.5 Å². The molecule has 0 bridgehead atoms. The second kappa shape index (κ2) is 8.14. The number of anilines is 1. The van der Waals surface area contributed by atoms with Crippen molar-refractivity contribution in [3.8, 4) is 0 Å². The monoisotopic (exact) mass is 401 g/mol. The maximum absolute atomic E-state index is 12.8. The van der Waals surface area contributed by atoms with E-state index < -0.39 is 10.0 Å². The molecule has 1 N–H and O–H groups in total. The summed E-state index contributed by atoms with van der Waals surface area (Å²) in [6.45, 7) is 9.79. The van der Waals surface area contributed by atoms with Crippen LogP contribution in [-0.4, -0.2) is 27.1 Å². The molecule has 7 heteroatoms. The van der Waals surface area contributed by atoms with E-state index in [1.807, 2.05) is 34.6 Å². The van der Waals surface area contributed by atoms with Crippen LogP contribution in [0.4, 0.5) is 5.69 Å². The molecule has 0 aromatic heterocycles. The van der Waals surface area contributed by atoms with Gasteiger partial charge in [-0.05, 0) is 50.2 Å². The van der Waals surface area contributed by atoms with E-state index in [-0.39, 0.29) is 16.2 Å². The first-order valence-electron chi connectivity index (χ1n) is 8.93. The Morgan fingerprint density at radius 3 is 2.04 bits per heavy atom. The standard InChI is InChI=1S/C21H27N3O3S/c1-15-7-13-19(14-8-15)28(26,27)24(6)18-11-9-17(10-12-18)20(25)23-22-16(2)21(3,4)5/h7-14H,1-6H3,(H,23,25)/b22-16-. The molecule has 0 radical (unpaired) electrons. The normalized spacial score (nSPS) is 12.6. The van der Waals surface area contributed by atoms with E-state index in [0.29, 0.717) is 11.3 Å². The van der Waals surface area contributed by atoms with E-state index in [1.165, 1.54) is 11.4 Å². The van der Waals surface area contributed by atoms with E-state index in [4.69, 9.17) is 0 Å². The zero-order valence-electron chi connectivity index (χ0n) is 17.1. The van der Waals surface area contributed by atoms with Crippen LogP contribution in [0.3, 0.4) is 0 Å². The van der Waals surface area contributed by atoms with Crippen LogP contribution in [0.5, 0.6) is 0 Å². The fourth-order valence-electron chi connectivity index (χ4n) is 2.20. The average Bonchev–Trinajstić information content (AvgIpc) is 2.64. The van der Waals surface area contributed by atoms with Crippen LogP contribution in [0.1, 0.15) is 43.6 Å². The fourth-order valence-corrected chi connectivity index (χ4v) is 3.39. The van der Waals surface area contributed by atoms with Crippen molar-refractivity contribution < 1.29 is 13.2 Å². The number of benzene rings is 2. The first kappa shape index (κ1) is 21.6. The molecule has 6 nitrogen and oxygen atoms in total. The lowest BCUT2D eigenvalue weighted by molar-refractivity contribution is 0.0954. The molecule has 2 aromatic rings. The fraction of sp³-hybridized carbons (Fsp3) is 0.333. The topological polar surface area (TPSA) is 78.8 Å². The summed E-state index contributed by atoms with van der Waals surface area (Å²) in [7, 11) is -2.18. The average molecular weight is 402 g/mol. The van der Waals surface area contributed by atoms with Gasteiger partial charge in [0.25, 0.3) is 15.9 Å². The minimum atomic E-state index is -3.67. The van der Waals surface area contributed by atoms with Crippen LogP contribution in [0, 0.1) is 12.3 Å². The summed E-state index contributed by atoms with van der Waals surface area (Å²) in [4.78, 5) is 12.5. The molecule has 0 saturated heterocycles. The zero-order chi connectivity index (χ0) is 21.1. The smallest absolute Gasteiger partial charge is 0.269 e. The van der Waals surface area contributed by atoms with Crippen LogP contribution < -0.4 is 9.73 Å². The Labute approximate surface area is 167 Å². The summed E-state index contributed by atoms with van der Waals surface area (Å²) in [5, 5.41) is 4.13. The highest BCUT2D eigenvalue weighted by molar-refractivity contribution is 7.92. The lowest BCUT2D eigenvalue weighted by Gasteiger charge is -2.20. The molecule has 1 amide bonds. The van der Waals surface area contributed by atoms with Crippen LogP contribution in [0.2, 0.25) is 0 Å². The van der Waals surface area contributed by atoms with Crippen molar-refractivity contribution in [2.24, 2.45) is 10.5 Å². The number of carbonyl (C=O) groups excluding carboxylic acids is 1. The number of hydrogen-bond acceptors (Lipinski definition) is 4. The quantitative estimate of drug-likeness (QED) is 0.608. The van der Waals surface area contributed by atoms with Gasteiger partial charge in [0.1, 0.15) is 0 Å². The molecule has 0 saturated carbocycles. The summed E-state index contributed by atoms with van der Waals surface area (Å²) in [5.74, 6) is -0.348. The van der Waals surface area contributed by atoms with E-state index >= 15 is 0 Å². The number of hydrazone groups is 1. The Morgan fingerprint density at radius 2 is 1.54 bits per heavy atom. The molecular formula is C21H27N3O3S. The number of amides is 1. The van der Waals surface area contributed by atoms with Gasteiger partial charge in [0, 0.05) is 23.7 Å². The predicted molar refractivity (Wildman–Crippen MR) is 113 cm³/mol. The Hall–Kier alpha value is -2.67. The van der Waals surface area contributed by atoms with Crippen LogP contribution in [-0.2, 0) is 10.0 Å². The van der Waals surface area contributed by atoms with Crippen LogP contribution in [0.25, 0.3) is 0 Å². The third-order valence-corrected chi connectivity index (χ3v) is 6.38. The van der Waals surface area contributed by atoms with Gasteiger partial charge in [0.05, 0.1) is 10.6 Å². The van der Waals surface area contributed by atoms with E-state index in [2.05, 4.69) is 10.5 Å². The maximum atomic E-state index is 12.8. The van der Waals surface area contributed by atoms with Gasteiger partial charge in [0.2, 0.25) is 0 Å². The van der Waals surface area contributed by atoms with Gasteiger partial charge in [-0.1, -0.05) is 38.5 Å². The summed E-state index contributed by atoms with van der Waals surface area (Å²) < 4.78 is 26.7. The number of nitrogens with one attached hydrogen (secondary N) is 1. The largest absolute Gasteiger partial charge is 0.271 e. The Balaban J connectivity index is 2.17. The van der Waals surface area contributed by atoms with Gasteiger partial charge < -0.3 is 0 Å². The van der Waals surface area contributed by atoms with E-state index in [0.717, 1.165) is 11.3 Å². The third kappa shape index (κ3) is 4.98. The SMILES string of the molecule is C/C(=N/NC(=O)c1ccc(N(C)S(=O)(=O)c2ccc(C)cc2)cc1)C(C)(C)C. The second-order valence-corrected chi connectivity index (χ2v) is 9.69. The lowest BCUT2D eigenvalue weighted by Crippen LogP contribution is -2.27. The van der Waals surface area contributed by atoms with Crippen molar-refractivity contribution in [1.82, 2.24) is 5.43 Å². The van der Waals surface area contributed by atoms with Gasteiger partial charge in [-0.15, -0.1) is 0 Å². The molecule has 0 spiro atoms. The number of sulfonamides is 1. The summed E-state index contributed by atoms with van der Waals surface area (Å²) in [5.41, 5.74) is 5.05. The number of aryl methyl sites for hydroxylation is 1. The van der Waals surface area contributed by atoms with Crippen molar-refractivity contribution >= 4 is 27.3 Å². The van der Waals surface area contributed by atoms with E-state index in [9.17, 15) is 13.2 Å². The molecular weight excluding hydrogens is 374 g/mol. The van der Waals surface area contributed by atoms with Gasteiger partial charge in [-0.2, -0.15) is 5.10 Å². The molecule has 0 aliphatic rings. The molecule has 0 unspecified atom stereocenters. The van der Waals surface area contributed by atoms with Gasteiger partial charge in [-0.3, -0.25) is 9.10 Å². The molecule has 0 heterocycles. The highest BCUT2D eigenvalue weighted by Crippen LogP contribution is 2.23. The zero-order valence-corrected chi connectivity index (χ0v) is 18.0. The summed E-state index contributed by atoms with van der Waals surface area (Å²) >= 11 is 0. The van der Waals surface area contributed by atoms with Gasteiger partial charge in [0.15, 0.2) is 0 Å². The summed E-state index contributed by atoms with van der Waals surface area (Å²) in [6, 6.07) is 13.0. The number of nitrogens with zero attached hydrogens (tertiary/aromatic N) is 2. The van der Waals surface area contributed by atoms with Crippen molar-refractivity contribution in [3.05, 3.63) is 59.7 Å². The molecule has 150 valence electrons. The Morgan fingerprint density at radius 1 is 1.00 bits per heavy atom. The van der Waals surface area contributed by atoms with Gasteiger partial charge >= 0.3 is 0 Å². The Kier molecular flexibility index (Phi) is 6.29. The first-order chi connectivity index (χ1) is 12.9. The molecule has 0 fully saturated rings. The predicted octanol–water partition coefficient (Wildman–Crippen LogP) is 3.97. The molecule has 2 rings (SSSR count). The van der Waals surface area contributed by atoms with Crippen molar-refractivity contribution in [3.63, 3.8) is 0 Å².